The molecule has 3 heterocycles. The molecule has 2 aromatic rings. The summed E-state index contributed by atoms with van der Waals surface area (Å²) in [6.07, 6.45) is 0.532. The topological polar surface area (TPSA) is 91.9 Å². The van der Waals surface area contributed by atoms with Crippen LogP contribution in [0.15, 0.2) is 48.5 Å². The van der Waals surface area contributed by atoms with Gasteiger partial charge >= 0.3 is 6.03 Å². The third-order valence-electron chi connectivity index (χ3n) is 6.20. The molecular weight excluding hydrogens is 420 g/mol. The summed E-state index contributed by atoms with van der Waals surface area (Å²) in [6, 6.07) is 15.2. The number of carbonyl (C=O) groups is 2. The van der Waals surface area contributed by atoms with Crippen molar-refractivity contribution in [2.45, 2.75) is 12.5 Å². The first-order chi connectivity index (χ1) is 16.2. The maximum absolute atomic E-state index is 12.7. The Morgan fingerprint density at radius 3 is 2.64 bits per heavy atom. The van der Waals surface area contributed by atoms with Gasteiger partial charge < -0.3 is 25.4 Å². The van der Waals surface area contributed by atoms with E-state index in [1.807, 2.05) is 48.5 Å². The Balaban J connectivity index is 1.21. The van der Waals surface area contributed by atoms with E-state index < -0.39 is 0 Å². The number of urea groups is 1. The van der Waals surface area contributed by atoms with Crippen LogP contribution in [0.2, 0.25) is 0 Å². The number of nitrogens with zero attached hydrogens (tertiary/aromatic N) is 1. The minimum Gasteiger partial charge on any atom is -0.482 e. The molecule has 0 saturated carbocycles. The molecule has 5 rings (SSSR count). The van der Waals surface area contributed by atoms with Gasteiger partial charge in [-0.3, -0.25) is 9.69 Å². The van der Waals surface area contributed by atoms with E-state index in [1.54, 1.807) is 0 Å². The van der Waals surface area contributed by atoms with Crippen molar-refractivity contribution in [2.75, 3.05) is 51.3 Å². The van der Waals surface area contributed by atoms with E-state index in [9.17, 15) is 9.59 Å². The summed E-state index contributed by atoms with van der Waals surface area (Å²) < 4.78 is 11.6. The lowest BCUT2D eigenvalue weighted by Gasteiger charge is -2.26. The molecule has 0 spiro atoms. The second kappa shape index (κ2) is 9.64. The van der Waals surface area contributed by atoms with Crippen LogP contribution in [0.1, 0.15) is 29.2 Å². The van der Waals surface area contributed by atoms with E-state index in [4.69, 9.17) is 9.47 Å². The summed E-state index contributed by atoms with van der Waals surface area (Å²) in [7, 11) is 0. The highest BCUT2D eigenvalue weighted by Crippen LogP contribution is 2.45. The molecule has 3 aliphatic heterocycles. The van der Waals surface area contributed by atoms with Gasteiger partial charge in [-0.1, -0.05) is 42.5 Å². The van der Waals surface area contributed by atoms with Crippen molar-refractivity contribution in [3.8, 4) is 0 Å². The normalized spacial score (nSPS) is 21.7. The average Bonchev–Trinajstić information content (AvgIpc) is 3.37. The quantitative estimate of drug-likeness (QED) is 0.467. The molecule has 2 aromatic carbocycles. The molecule has 0 aliphatic carbocycles. The van der Waals surface area contributed by atoms with E-state index in [0.29, 0.717) is 24.4 Å². The number of carbonyl (C=O) groups excluding carboxylic acids is 2. The van der Waals surface area contributed by atoms with Crippen molar-refractivity contribution in [1.82, 2.24) is 15.5 Å². The zero-order valence-corrected chi connectivity index (χ0v) is 18.4. The monoisotopic (exact) mass is 448 g/mol. The molecule has 3 N–H and O–H groups in total. The molecule has 0 aromatic heterocycles. The van der Waals surface area contributed by atoms with E-state index in [1.165, 1.54) is 0 Å². The van der Waals surface area contributed by atoms with E-state index in [0.717, 1.165) is 61.6 Å². The Morgan fingerprint density at radius 2 is 1.79 bits per heavy atom. The predicted molar refractivity (Wildman–Crippen MR) is 125 cm³/mol. The second-order valence-electron chi connectivity index (χ2n) is 8.34. The van der Waals surface area contributed by atoms with Crippen LogP contribution in [-0.2, 0) is 14.3 Å². The third kappa shape index (κ3) is 4.58. The standard InChI is InChI=1S/C25H28N4O4/c30-24-22(19-8-3-4-9-20(19)28-24)23-18-7-2-1-6-17(18)21(33-23)16-27-25(31)26-10-5-11-29-12-14-32-15-13-29/h1-4,6-9,21H,5,10-16H2,(H,28,30)(H2,26,27,31)/b23-22+. The van der Waals surface area contributed by atoms with Gasteiger partial charge in [0.1, 0.15) is 11.9 Å². The van der Waals surface area contributed by atoms with E-state index in [2.05, 4.69) is 20.9 Å². The van der Waals surface area contributed by atoms with Gasteiger partial charge in [0.15, 0.2) is 0 Å². The number of rotatable bonds is 6. The molecule has 3 amide bonds. The van der Waals surface area contributed by atoms with Crippen molar-refractivity contribution in [3.63, 3.8) is 0 Å². The van der Waals surface area contributed by atoms with Crippen LogP contribution >= 0.6 is 0 Å². The van der Waals surface area contributed by atoms with Gasteiger partial charge in [0.25, 0.3) is 5.91 Å². The molecule has 0 bridgehead atoms. The molecule has 172 valence electrons. The zero-order chi connectivity index (χ0) is 22.6. The highest BCUT2D eigenvalue weighted by molar-refractivity contribution is 6.36. The first kappa shape index (κ1) is 21.5. The lowest BCUT2D eigenvalue weighted by atomic mass is 9.99. The van der Waals surface area contributed by atoms with Gasteiger partial charge in [-0.25, -0.2) is 4.79 Å². The summed E-state index contributed by atoms with van der Waals surface area (Å²) in [5.41, 5.74) is 4.00. The van der Waals surface area contributed by atoms with Crippen molar-refractivity contribution in [3.05, 3.63) is 65.2 Å². The maximum Gasteiger partial charge on any atom is 0.314 e. The van der Waals surface area contributed by atoms with Crippen LogP contribution in [-0.4, -0.2) is 62.8 Å². The Kier molecular flexibility index (Phi) is 6.28. The number of amides is 3. The number of fused-ring (bicyclic) bond motifs is 2. The molecular formula is C25H28N4O4. The van der Waals surface area contributed by atoms with Gasteiger partial charge in [0.2, 0.25) is 0 Å². The van der Waals surface area contributed by atoms with Crippen molar-refractivity contribution in [2.24, 2.45) is 0 Å². The molecule has 1 fully saturated rings. The number of hydrogen-bond acceptors (Lipinski definition) is 5. The zero-order valence-electron chi connectivity index (χ0n) is 18.4. The Hall–Kier alpha value is -3.36. The average molecular weight is 449 g/mol. The number of ether oxygens (including phenoxy) is 2. The summed E-state index contributed by atoms with van der Waals surface area (Å²) in [6.45, 7) is 5.33. The van der Waals surface area contributed by atoms with Crippen LogP contribution in [0.5, 0.6) is 0 Å². The molecule has 1 unspecified atom stereocenters. The summed E-state index contributed by atoms with van der Waals surface area (Å²) in [5.74, 6) is 0.387. The van der Waals surface area contributed by atoms with Gasteiger partial charge in [0, 0.05) is 42.0 Å². The van der Waals surface area contributed by atoms with Crippen LogP contribution < -0.4 is 16.0 Å². The largest absolute Gasteiger partial charge is 0.482 e. The number of para-hydroxylation sites is 1. The Bertz CT molecular complexity index is 1080. The third-order valence-corrected chi connectivity index (χ3v) is 6.20. The van der Waals surface area contributed by atoms with E-state index >= 15 is 0 Å². The highest BCUT2D eigenvalue weighted by atomic mass is 16.5. The fourth-order valence-electron chi connectivity index (χ4n) is 4.52. The van der Waals surface area contributed by atoms with E-state index in [-0.39, 0.29) is 18.0 Å². The van der Waals surface area contributed by atoms with Crippen LogP contribution in [0.25, 0.3) is 11.3 Å². The fraction of sp³-hybridized carbons (Fsp3) is 0.360. The first-order valence-electron chi connectivity index (χ1n) is 11.4. The SMILES string of the molecule is O=C(NCCCN1CCOCC1)NCC1O/C(=C2/C(=O)Nc3ccccc32)c2ccccc21. The van der Waals surface area contributed by atoms with Gasteiger partial charge in [-0.15, -0.1) is 0 Å². The Morgan fingerprint density at radius 1 is 1.03 bits per heavy atom. The van der Waals surface area contributed by atoms with Gasteiger partial charge in [0.05, 0.1) is 25.3 Å². The smallest absolute Gasteiger partial charge is 0.314 e. The molecule has 8 nitrogen and oxygen atoms in total. The number of benzene rings is 2. The van der Waals surface area contributed by atoms with Crippen molar-refractivity contribution in [1.29, 1.82) is 0 Å². The van der Waals surface area contributed by atoms with Crippen LogP contribution in [0, 0.1) is 0 Å². The minimum atomic E-state index is -0.358. The first-order valence-corrected chi connectivity index (χ1v) is 11.4. The summed E-state index contributed by atoms with van der Waals surface area (Å²) >= 11 is 0. The fourth-order valence-corrected chi connectivity index (χ4v) is 4.52. The molecule has 3 aliphatic rings. The summed E-state index contributed by atoms with van der Waals surface area (Å²) in [5, 5.41) is 8.74. The molecule has 8 heteroatoms. The second-order valence-corrected chi connectivity index (χ2v) is 8.34. The lowest BCUT2D eigenvalue weighted by molar-refractivity contribution is -0.110. The van der Waals surface area contributed by atoms with Crippen LogP contribution in [0.3, 0.4) is 0 Å². The number of anilines is 1. The molecule has 1 saturated heterocycles. The number of morpholine rings is 1. The van der Waals surface area contributed by atoms with Crippen LogP contribution in [0.4, 0.5) is 10.5 Å². The van der Waals surface area contributed by atoms with Gasteiger partial charge in [-0.05, 0) is 19.0 Å². The maximum atomic E-state index is 12.7. The Labute approximate surface area is 192 Å². The summed E-state index contributed by atoms with van der Waals surface area (Å²) in [4.78, 5) is 27.4. The molecule has 33 heavy (non-hydrogen) atoms. The highest BCUT2D eigenvalue weighted by Gasteiger charge is 2.36. The number of nitrogens with one attached hydrogen (secondary N) is 3. The minimum absolute atomic E-state index is 0.173. The lowest BCUT2D eigenvalue weighted by Crippen LogP contribution is -2.40. The molecule has 0 radical (unpaired) electrons. The van der Waals surface area contributed by atoms with Crippen molar-refractivity contribution >= 4 is 29.0 Å². The predicted octanol–water partition coefficient (Wildman–Crippen LogP) is 2.60. The molecule has 1 atom stereocenters. The van der Waals surface area contributed by atoms with Gasteiger partial charge in [-0.2, -0.15) is 0 Å². The van der Waals surface area contributed by atoms with Crippen molar-refractivity contribution < 1.29 is 19.1 Å². The number of hydrogen-bond donors (Lipinski definition) is 3.